The fourth-order valence-corrected chi connectivity index (χ4v) is 3.84. The Kier molecular flexibility index (Phi) is 3.60. The summed E-state index contributed by atoms with van der Waals surface area (Å²) in [6.07, 6.45) is 5.36. The number of hydrogen-bond acceptors (Lipinski definition) is 3. The van der Waals surface area contributed by atoms with Gasteiger partial charge < -0.3 is 10.1 Å². The predicted octanol–water partition coefficient (Wildman–Crippen LogP) is 4.44. The van der Waals surface area contributed by atoms with Crippen molar-refractivity contribution in [3.63, 3.8) is 0 Å². The molecular weight excluding hydrogens is 305 g/mol. The molecular formula is C20H18FNO2. The molecule has 3 atom stereocenters. The molecule has 1 heterocycles. The molecule has 3 nitrogen and oxygen atoms in total. The number of hydrogen-bond donors (Lipinski definition) is 1. The third kappa shape index (κ3) is 2.39. The van der Waals surface area contributed by atoms with Crippen LogP contribution in [0.5, 0.6) is 0 Å². The number of esters is 1. The molecule has 0 saturated carbocycles. The molecule has 2 aromatic carbocycles. The summed E-state index contributed by atoms with van der Waals surface area (Å²) in [5.41, 5.74) is 3.79. The topological polar surface area (TPSA) is 38.3 Å². The Hall–Kier alpha value is -2.62. The van der Waals surface area contributed by atoms with Crippen LogP contribution in [-0.2, 0) is 4.74 Å². The molecule has 2 aliphatic rings. The van der Waals surface area contributed by atoms with Crippen molar-refractivity contribution in [3.05, 3.63) is 77.1 Å². The highest BCUT2D eigenvalue weighted by Gasteiger charge is 2.38. The minimum Gasteiger partial charge on any atom is -0.465 e. The van der Waals surface area contributed by atoms with Crippen molar-refractivity contribution < 1.29 is 13.9 Å². The zero-order chi connectivity index (χ0) is 16.7. The molecule has 2 aromatic rings. The van der Waals surface area contributed by atoms with Crippen molar-refractivity contribution in [2.45, 2.75) is 18.4 Å². The summed E-state index contributed by atoms with van der Waals surface area (Å²) < 4.78 is 18.1. The first-order chi connectivity index (χ1) is 11.7. The fraction of sp³-hybridized carbons (Fsp3) is 0.250. The van der Waals surface area contributed by atoms with Crippen LogP contribution in [0.3, 0.4) is 0 Å². The van der Waals surface area contributed by atoms with Crippen LogP contribution in [0.2, 0.25) is 0 Å². The summed E-state index contributed by atoms with van der Waals surface area (Å²) in [7, 11) is 1.39. The number of fused-ring (bicyclic) bond motifs is 3. The first-order valence-corrected chi connectivity index (χ1v) is 8.08. The van der Waals surface area contributed by atoms with E-state index in [-0.39, 0.29) is 23.7 Å². The third-order valence-electron chi connectivity index (χ3n) is 5.01. The van der Waals surface area contributed by atoms with E-state index < -0.39 is 0 Å². The summed E-state index contributed by atoms with van der Waals surface area (Å²) in [6.45, 7) is 0. The largest absolute Gasteiger partial charge is 0.465 e. The first-order valence-electron chi connectivity index (χ1n) is 8.08. The summed E-state index contributed by atoms with van der Waals surface area (Å²) in [6, 6.07) is 12.4. The minimum atomic E-state index is -0.322. The molecule has 4 heteroatoms. The van der Waals surface area contributed by atoms with Gasteiger partial charge in [-0.15, -0.1) is 0 Å². The van der Waals surface area contributed by atoms with E-state index >= 15 is 0 Å². The zero-order valence-corrected chi connectivity index (χ0v) is 13.3. The molecule has 24 heavy (non-hydrogen) atoms. The maximum Gasteiger partial charge on any atom is 0.337 e. The van der Waals surface area contributed by atoms with Crippen molar-refractivity contribution in [1.82, 2.24) is 0 Å². The summed E-state index contributed by atoms with van der Waals surface area (Å²) in [5.74, 6) is 0.0625. The second-order valence-electron chi connectivity index (χ2n) is 6.32. The van der Waals surface area contributed by atoms with Gasteiger partial charge in [-0.25, -0.2) is 9.18 Å². The molecule has 1 aliphatic carbocycles. The molecule has 0 aromatic heterocycles. The number of allylic oxidation sites excluding steroid dienone is 2. The number of nitrogens with one attached hydrogen (secondary N) is 1. The van der Waals surface area contributed by atoms with E-state index in [4.69, 9.17) is 4.74 Å². The molecule has 122 valence electrons. The van der Waals surface area contributed by atoms with Crippen molar-refractivity contribution in [2.75, 3.05) is 12.4 Å². The molecule has 0 saturated heterocycles. The second-order valence-corrected chi connectivity index (χ2v) is 6.32. The maximum atomic E-state index is 13.2. The molecule has 0 bridgehead atoms. The van der Waals surface area contributed by atoms with Crippen LogP contribution in [0.25, 0.3) is 0 Å². The lowest BCUT2D eigenvalue weighted by Crippen LogP contribution is -2.29. The Labute approximate surface area is 140 Å². The van der Waals surface area contributed by atoms with Crippen LogP contribution in [0, 0.1) is 11.7 Å². The summed E-state index contributed by atoms with van der Waals surface area (Å²) in [4.78, 5) is 11.8. The van der Waals surface area contributed by atoms with Crippen LogP contribution in [0.15, 0.2) is 54.6 Å². The SMILES string of the molecule is COC(=O)c1ccc2c(c1)C1C=CCC1C(c1ccc(F)cc1)N2. The third-order valence-corrected chi connectivity index (χ3v) is 5.01. The predicted molar refractivity (Wildman–Crippen MR) is 90.5 cm³/mol. The highest BCUT2D eigenvalue weighted by molar-refractivity contribution is 5.90. The summed E-state index contributed by atoms with van der Waals surface area (Å²) >= 11 is 0. The Bertz CT molecular complexity index is 813. The van der Waals surface area contributed by atoms with Crippen LogP contribution in [0.4, 0.5) is 10.1 Å². The van der Waals surface area contributed by atoms with Crippen LogP contribution in [0.1, 0.15) is 39.9 Å². The Morgan fingerprint density at radius 3 is 2.75 bits per heavy atom. The molecule has 4 rings (SSSR count). The summed E-state index contributed by atoms with van der Waals surface area (Å²) in [5, 5.41) is 3.57. The number of carbonyl (C=O) groups excluding carboxylic acids is 1. The monoisotopic (exact) mass is 323 g/mol. The molecule has 1 N–H and O–H groups in total. The smallest absolute Gasteiger partial charge is 0.337 e. The highest BCUT2D eigenvalue weighted by Crippen LogP contribution is 2.49. The van der Waals surface area contributed by atoms with Gasteiger partial charge in [-0.05, 0) is 53.8 Å². The van der Waals surface area contributed by atoms with Gasteiger partial charge in [0.1, 0.15) is 5.82 Å². The lowest BCUT2D eigenvalue weighted by molar-refractivity contribution is 0.0600. The molecule has 0 spiro atoms. The molecule has 0 fully saturated rings. The Morgan fingerprint density at radius 2 is 2.00 bits per heavy atom. The first kappa shape index (κ1) is 14.9. The number of ether oxygens (including phenoxy) is 1. The van der Waals surface area contributed by atoms with Crippen molar-refractivity contribution in [2.24, 2.45) is 5.92 Å². The number of rotatable bonds is 2. The van der Waals surface area contributed by atoms with Crippen molar-refractivity contribution in [1.29, 1.82) is 0 Å². The van der Waals surface area contributed by atoms with Gasteiger partial charge in [-0.1, -0.05) is 24.3 Å². The highest BCUT2D eigenvalue weighted by atomic mass is 19.1. The standard InChI is InChI=1S/C20H18FNO2/c1-24-20(23)13-7-10-18-17(11-13)15-3-2-4-16(15)19(22-18)12-5-8-14(21)9-6-12/h2-3,5-11,15-16,19,22H,4H2,1H3. The Balaban J connectivity index is 1.74. The van der Waals surface area contributed by atoms with E-state index in [1.807, 2.05) is 24.3 Å². The van der Waals surface area contributed by atoms with E-state index in [1.54, 1.807) is 6.07 Å². The van der Waals surface area contributed by atoms with Gasteiger partial charge in [-0.2, -0.15) is 0 Å². The number of halogens is 1. The second kappa shape index (κ2) is 5.78. The van der Waals surface area contributed by atoms with E-state index in [0.29, 0.717) is 11.5 Å². The number of carbonyl (C=O) groups is 1. The van der Waals surface area contributed by atoms with Gasteiger partial charge in [0.25, 0.3) is 0 Å². The minimum absolute atomic E-state index is 0.127. The van der Waals surface area contributed by atoms with E-state index in [0.717, 1.165) is 23.2 Å². The molecule has 1 aliphatic heterocycles. The number of benzene rings is 2. The van der Waals surface area contributed by atoms with Gasteiger partial charge in [0, 0.05) is 11.6 Å². The fourth-order valence-electron chi connectivity index (χ4n) is 3.84. The normalized spacial score (nSPS) is 24.0. The lowest BCUT2D eigenvalue weighted by atomic mass is 9.76. The van der Waals surface area contributed by atoms with Crippen LogP contribution < -0.4 is 5.32 Å². The van der Waals surface area contributed by atoms with Crippen LogP contribution in [-0.4, -0.2) is 13.1 Å². The number of methoxy groups -OCH3 is 1. The van der Waals surface area contributed by atoms with Crippen LogP contribution >= 0.6 is 0 Å². The average molecular weight is 323 g/mol. The lowest BCUT2D eigenvalue weighted by Gasteiger charge is -2.37. The van der Waals surface area contributed by atoms with Crippen molar-refractivity contribution in [3.8, 4) is 0 Å². The quantitative estimate of drug-likeness (QED) is 0.656. The zero-order valence-electron chi connectivity index (χ0n) is 13.3. The maximum absolute atomic E-state index is 13.2. The molecule has 0 amide bonds. The Morgan fingerprint density at radius 1 is 1.21 bits per heavy atom. The molecule has 0 radical (unpaired) electrons. The average Bonchev–Trinajstić information content (AvgIpc) is 3.11. The van der Waals surface area contributed by atoms with Gasteiger partial charge in [0.2, 0.25) is 0 Å². The van der Waals surface area contributed by atoms with E-state index in [2.05, 4.69) is 17.5 Å². The van der Waals surface area contributed by atoms with E-state index in [1.165, 1.54) is 19.2 Å². The number of anilines is 1. The molecule has 3 unspecified atom stereocenters. The van der Waals surface area contributed by atoms with Gasteiger partial charge >= 0.3 is 5.97 Å². The van der Waals surface area contributed by atoms with Gasteiger partial charge in [0.05, 0.1) is 18.7 Å². The van der Waals surface area contributed by atoms with Gasteiger partial charge in [-0.3, -0.25) is 0 Å². The van der Waals surface area contributed by atoms with Crippen molar-refractivity contribution >= 4 is 11.7 Å². The van der Waals surface area contributed by atoms with E-state index in [9.17, 15) is 9.18 Å². The van der Waals surface area contributed by atoms with Gasteiger partial charge in [0.15, 0.2) is 0 Å².